The highest BCUT2D eigenvalue weighted by atomic mass is 32.2. The summed E-state index contributed by atoms with van der Waals surface area (Å²) in [4.78, 5) is 13.9. The van der Waals surface area contributed by atoms with E-state index in [9.17, 15) is 4.79 Å². The smallest absolute Gasteiger partial charge is 0.177 e. The molecule has 1 aromatic heterocycles. The van der Waals surface area contributed by atoms with E-state index in [1.807, 2.05) is 20.1 Å². The molecule has 1 aromatic rings. The first-order chi connectivity index (χ1) is 8.79. The Morgan fingerprint density at radius 2 is 1.84 bits per heavy atom. The van der Waals surface area contributed by atoms with Gasteiger partial charge in [0.15, 0.2) is 5.78 Å². The molecule has 3 nitrogen and oxygen atoms in total. The van der Waals surface area contributed by atoms with Gasteiger partial charge in [-0.05, 0) is 19.1 Å². The number of thioether (sulfide) groups is 1. The molecule has 3 N–H and O–H groups in total. The van der Waals surface area contributed by atoms with E-state index in [-0.39, 0.29) is 11.7 Å². The first-order valence-corrected chi connectivity index (χ1v) is 8.60. The molecule has 19 heavy (non-hydrogen) atoms. The van der Waals surface area contributed by atoms with Gasteiger partial charge in [-0.2, -0.15) is 0 Å². The summed E-state index contributed by atoms with van der Waals surface area (Å²) in [5, 5.41) is 4.50. The van der Waals surface area contributed by atoms with Crippen molar-refractivity contribution in [3.8, 4) is 0 Å². The van der Waals surface area contributed by atoms with Crippen LogP contribution in [0.3, 0.4) is 0 Å². The topological polar surface area (TPSA) is 55.1 Å². The minimum Gasteiger partial charge on any atom is -0.396 e. The van der Waals surface area contributed by atoms with E-state index in [1.54, 1.807) is 11.8 Å². The van der Waals surface area contributed by atoms with E-state index in [2.05, 4.69) is 26.1 Å². The molecular formula is C14H24N2OS2. The molecule has 0 saturated heterocycles. The molecule has 1 unspecified atom stereocenters. The first-order valence-electron chi connectivity index (χ1n) is 6.56. The van der Waals surface area contributed by atoms with Crippen LogP contribution in [0, 0.1) is 11.8 Å². The lowest BCUT2D eigenvalue weighted by Crippen LogP contribution is -2.21. The molecular weight excluding hydrogens is 276 g/mol. The number of hydrogen-bond donors (Lipinski definition) is 2. The monoisotopic (exact) mass is 300 g/mol. The first kappa shape index (κ1) is 16.4. The zero-order valence-electron chi connectivity index (χ0n) is 12.5. The fraction of sp³-hybridized carbons (Fsp3) is 0.643. The normalized spacial score (nSPS) is 13.1. The van der Waals surface area contributed by atoms with E-state index < -0.39 is 0 Å². The molecule has 0 spiro atoms. The van der Waals surface area contributed by atoms with Crippen LogP contribution in [0.5, 0.6) is 0 Å². The predicted octanol–water partition coefficient (Wildman–Crippen LogP) is 4.35. The van der Waals surface area contributed by atoms with Crippen LogP contribution in [-0.4, -0.2) is 18.1 Å². The van der Waals surface area contributed by atoms with Gasteiger partial charge in [-0.25, -0.2) is 0 Å². The number of anilines is 2. The Labute approximate surface area is 124 Å². The van der Waals surface area contributed by atoms with Crippen LogP contribution in [0.4, 0.5) is 10.7 Å². The van der Waals surface area contributed by atoms with Gasteiger partial charge in [-0.15, -0.1) is 23.1 Å². The van der Waals surface area contributed by atoms with Crippen molar-refractivity contribution in [1.82, 2.24) is 0 Å². The highest BCUT2D eigenvalue weighted by Crippen LogP contribution is 2.43. The van der Waals surface area contributed by atoms with Crippen LogP contribution in [0.2, 0.25) is 0 Å². The van der Waals surface area contributed by atoms with E-state index >= 15 is 0 Å². The van der Waals surface area contributed by atoms with Crippen molar-refractivity contribution in [2.45, 2.75) is 45.6 Å². The summed E-state index contributed by atoms with van der Waals surface area (Å²) < 4.78 is 0. The number of Topliss-reactive ketones (excluding diaryl/α,β-unsaturated/α-hetero) is 1. The van der Waals surface area contributed by atoms with E-state index in [4.69, 9.17) is 5.73 Å². The van der Waals surface area contributed by atoms with E-state index in [0.717, 1.165) is 9.90 Å². The molecule has 1 heterocycles. The van der Waals surface area contributed by atoms with Crippen LogP contribution in [0.1, 0.15) is 44.3 Å². The van der Waals surface area contributed by atoms with Gasteiger partial charge in [0, 0.05) is 12.0 Å². The largest absolute Gasteiger partial charge is 0.396 e. The Hall–Kier alpha value is -0.680. The van der Waals surface area contributed by atoms with Crippen LogP contribution in [0.15, 0.2) is 4.90 Å². The number of thiophene rings is 1. The zero-order chi connectivity index (χ0) is 14.7. The third-order valence-corrected chi connectivity index (χ3v) is 5.32. The average molecular weight is 300 g/mol. The van der Waals surface area contributed by atoms with Crippen LogP contribution in [-0.2, 0) is 0 Å². The molecule has 0 saturated carbocycles. The van der Waals surface area contributed by atoms with Gasteiger partial charge < -0.3 is 11.1 Å². The molecule has 0 fully saturated rings. The highest BCUT2D eigenvalue weighted by Gasteiger charge is 2.23. The van der Waals surface area contributed by atoms with Gasteiger partial charge in [-0.3, -0.25) is 4.79 Å². The summed E-state index contributed by atoms with van der Waals surface area (Å²) >= 11 is 3.08. The van der Waals surface area contributed by atoms with Crippen LogP contribution in [0.25, 0.3) is 0 Å². The summed E-state index contributed by atoms with van der Waals surface area (Å²) in [6.45, 7) is 10.3. The zero-order valence-corrected chi connectivity index (χ0v) is 14.2. The highest BCUT2D eigenvalue weighted by molar-refractivity contribution is 7.99. The van der Waals surface area contributed by atoms with Crippen molar-refractivity contribution in [1.29, 1.82) is 0 Å². The fourth-order valence-corrected chi connectivity index (χ4v) is 3.75. The van der Waals surface area contributed by atoms with Crippen molar-refractivity contribution in [2.24, 2.45) is 11.8 Å². The minimum atomic E-state index is -0.0222. The minimum absolute atomic E-state index is 0.0222. The lowest BCUT2D eigenvalue weighted by molar-refractivity contribution is 0.0944. The van der Waals surface area contributed by atoms with Crippen molar-refractivity contribution in [2.75, 3.05) is 17.3 Å². The summed E-state index contributed by atoms with van der Waals surface area (Å²) in [7, 11) is 0. The lowest BCUT2D eigenvalue weighted by Gasteiger charge is -2.18. The predicted molar refractivity (Wildman–Crippen MR) is 87.6 cm³/mol. The summed E-state index contributed by atoms with van der Waals surface area (Å²) in [6.07, 6.45) is 1.99. The molecule has 0 bridgehead atoms. The molecule has 108 valence electrons. The number of carbonyl (C=O) groups excluding carboxylic acids is 1. The van der Waals surface area contributed by atoms with Crippen LogP contribution >= 0.6 is 23.1 Å². The number of nitrogens with one attached hydrogen (secondary N) is 1. The van der Waals surface area contributed by atoms with Gasteiger partial charge in [0.25, 0.3) is 0 Å². The number of hydrogen-bond acceptors (Lipinski definition) is 5. The molecule has 1 rings (SSSR count). The summed E-state index contributed by atoms with van der Waals surface area (Å²) in [5.74, 6) is 0.636. The summed E-state index contributed by atoms with van der Waals surface area (Å²) in [5.41, 5.74) is 6.77. The lowest BCUT2D eigenvalue weighted by atomic mass is 10.1. The average Bonchev–Trinajstić information content (AvgIpc) is 2.64. The molecule has 0 amide bonds. The van der Waals surface area contributed by atoms with Crippen LogP contribution < -0.4 is 11.1 Å². The Balaban J connectivity index is 3.12. The Morgan fingerprint density at radius 1 is 1.26 bits per heavy atom. The van der Waals surface area contributed by atoms with Gasteiger partial charge in [0.05, 0.1) is 15.5 Å². The number of ketones is 1. The SMILES string of the molecule is CSc1c(NC(C)C(C)C)sc(C(=O)C(C)C)c1N. The van der Waals surface area contributed by atoms with Crippen molar-refractivity contribution in [3.05, 3.63) is 4.88 Å². The Kier molecular flexibility index (Phi) is 5.74. The van der Waals surface area contributed by atoms with E-state index in [1.165, 1.54) is 11.3 Å². The fourth-order valence-electron chi connectivity index (χ4n) is 1.55. The number of rotatable bonds is 6. The van der Waals surface area contributed by atoms with E-state index in [0.29, 0.717) is 22.5 Å². The van der Waals surface area contributed by atoms with Gasteiger partial charge >= 0.3 is 0 Å². The molecule has 0 aromatic carbocycles. The Bertz CT molecular complexity index is 453. The van der Waals surface area contributed by atoms with Gasteiger partial charge in [0.2, 0.25) is 0 Å². The standard InChI is InChI=1S/C14H24N2OS2/c1-7(2)9(5)16-14-13(18-6)10(15)12(19-14)11(17)8(3)4/h7-9,16H,15H2,1-6H3. The third kappa shape index (κ3) is 3.66. The van der Waals surface area contributed by atoms with Crippen molar-refractivity contribution >= 4 is 39.6 Å². The molecule has 0 aliphatic heterocycles. The maximum absolute atomic E-state index is 12.2. The summed E-state index contributed by atoms with van der Waals surface area (Å²) in [6, 6.07) is 0.353. The van der Waals surface area contributed by atoms with Crippen molar-refractivity contribution in [3.63, 3.8) is 0 Å². The second kappa shape index (κ2) is 6.66. The number of nitrogens with two attached hydrogens (primary N) is 1. The molecule has 0 radical (unpaired) electrons. The maximum atomic E-state index is 12.2. The number of nitrogen functional groups attached to an aromatic ring is 1. The van der Waals surface area contributed by atoms with Crippen molar-refractivity contribution < 1.29 is 4.79 Å². The Morgan fingerprint density at radius 3 is 2.26 bits per heavy atom. The molecule has 0 aliphatic carbocycles. The van der Waals surface area contributed by atoms with Gasteiger partial charge in [-0.1, -0.05) is 27.7 Å². The quantitative estimate of drug-likeness (QED) is 0.606. The second-order valence-corrected chi connectivity index (χ2v) is 7.24. The van der Waals surface area contributed by atoms with Gasteiger partial charge in [0.1, 0.15) is 5.00 Å². The number of carbonyl (C=O) groups is 1. The third-order valence-electron chi connectivity index (χ3n) is 3.21. The molecule has 1 atom stereocenters. The molecule has 5 heteroatoms. The molecule has 0 aliphatic rings. The maximum Gasteiger partial charge on any atom is 0.177 e. The second-order valence-electron chi connectivity index (χ2n) is 5.40.